The van der Waals surface area contributed by atoms with Gasteiger partial charge in [-0.25, -0.2) is 19.7 Å². The van der Waals surface area contributed by atoms with Gasteiger partial charge in [0.05, 0.1) is 11.4 Å². The number of rotatable bonds is 11. The van der Waals surface area contributed by atoms with Crippen LogP contribution in [0, 0.1) is 0 Å². The van der Waals surface area contributed by atoms with E-state index in [1.165, 1.54) is 6.92 Å². The first-order valence-corrected chi connectivity index (χ1v) is 15.6. The number of unbranched alkanes of at least 4 members (excludes halogenated alkanes) is 1. The van der Waals surface area contributed by atoms with Crippen LogP contribution in [0.4, 0.5) is 4.79 Å². The van der Waals surface area contributed by atoms with Crippen molar-refractivity contribution in [3.63, 3.8) is 0 Å². The monoisotopic (exact) mass is 633 g/mol. The fraction of sp³-hybridized carbons (Fsp3) is 0.286. The zero-order valence-corrected chi connectivity index (χ0v) is 26.2. The highest BCUT2D eigenvalue weighted by molar-refractivity contribution is 5.90. The molecule has 1 aliphatic rings. The minimum atomic E-state index is -1.30. The molecule has 2 aromatic heterocycles. The van der Waals surface area contributed by atoms with Crippen molar-refractivity contribution in [2.75, 3.05) is 0 Å². The molecule has 3 heterocycles. The van der Waals surface area contributed by atoms with E-state index in [0.717, 1.165) is 51.4 Å². The third-order valence-electron chi connectivity index (χ3n) is 8.39. The van der Waals surface area contributed by atoms with Gasteiger partial charge >= 0.3 is 12.1 Å². The molecule has 1 amide bonds. The number of aliphatic carboxylic acids is 1. The number of aromatic amines is 1. The molecule has 0 fully saturated rings. The van der Waals surface area contributed by atoms with Gasteiger partial charge in [0, 0.05) is 24.9 Å². The molecule has 6 rings (SSSR count). The molecule has 1 aliphatic heterocycles. The van der Waals surface area contributed by atoms with Crippen molar-refractivity contribution in [2.24, 2.45) is 0 Å². The average molecular weight is 634 g/mol. The Labute approximate surface area is 271 Å². The van der Waals surface area contributed by atoms with Crippen LogP contribution in [0.25, 0.3) is 22.5 Å². The van der Waals surface area contributed by atoms with Gasteiger partial charge in [-0.3, -0.25) is 9.69 Å². The Morgan fingerprint density at radius 1 is 0.957 bits per heavy atom. The lowest BCUT2D eigenvalue weighted by Gasteiger charge is -2.38. The number of hydrogen-bond acceptors (Lipinski definition) is 8. The van der Waals surface area contributed by atoms with Crippen LogP contribution < -0.4 is 0 Å². The van der Waals surface area contributed by atoms with E-state index in [2.05, 4.69) is 27.5 Å². The van der Waals surface area contributed by atoms with Crippen LogP contribution in [0.1, 0.15) is 61.1 Å². The number of carbonyl (C=O) groups is 3. The van der Waals surface area contributed by atoms with Crippen molar-refractivity contribution in [3.8, 4) is 22.5 Å². The van der Waals surface area contributed by atoms with E-state index in [0.29, 0.717) is 30.2 Å². The Balaban J connectivity index is 1.35. The molecule has 12 heteroatoms. The van der Waals surface area contributed by atoms with Crippen molar-refractivity contribution in [1.82, 2.24) is 35.1 Å². The van der Waals surface area contributed by atoms with Crippen LogP contribution in [-0.2, 0) is 40.3 Å². The number of tetrazole rings is 1. The van der Waals surface area contributed by atoms with Gasteiger partial charge in [-0.15, -0.1) is 5.10 Å². The minimum Gasteiger partial charge on any atom is -0.480 e. The number of hydrogen-bond donors (Lipinski definition) is 2. The molecule has 0 radical (unpaired) electrons. The summed E-state index contributed by atoms with van der Waals surface area (Å²) in [5, 5.41) is 24.5. The molecule has 240 valence electrons. The van der Waals surface area contributed by atoms with Crippen LogP contribution in [0.15, 0.2) is 78.9 Å². The number of nitrogens with zero attached hydrogens (tertiary/aromatic N) is 6. The van der Waals surface area contributed by atoms with Crippen LogP contribution >= 0.6 is 0 Å². The Bertz CT molecular complexity index is 1870. The Morgan fingerprint density at radius 2 is 1.68 bits per heavy atom. The number of carboxylic acid groups (broad SMARTS) is 1. The molecule has 0 saturated carbocycles. The lowest BCUT2D eigenvalue weighted by Crippen LogP contribution is -2.53. The lowest BCUT2D eigenvalue weighted by molar-refractivity contribution is -0.145. The Morgan fingerprint density at radius 3 is 2.34 bits per heavy atom. The fourth-order valence-corrected chi connectivity index (χ4v) is 6.13. The first kappa shape index (κ1) is 31.3. The summed E-state index contributed by atoms with van der Waals surface area (Å²) in [6.07, 6.45) is 1.53. The number of nitrogens with one attached hydrogen (secondary N) is 1. The maximum absolute atomic E-state index is 13.6. The van der Waals surface area contributed by atoms with Crippen molar-refractivity contribution < 1.29 is 24.2 Å². The van der Waals surface area contributed by atoms with Crippen LogP contribution in [0.2, 0.25) is 0 Å². The van der Waals surface area contributed by atoms with E-state index in [1.807, 2.05) is 83.4 Å². The van der Waals surface area contributed by atoms with Gasteiger partial charge < -0.3 is 14.4 Å². The van der Waals surface area contributed by atoms with Gasteiger partial charge in [0.1, 0.15) is 24.5 Å². The molecule has 5 aromatic rings. The van der Waals surface area contributed by atoms with Crippen LogP contribution in [0.5, 0.6) is 0 Å². The number of Topliss-reactive ketones (excluding diaryl/α,β-unsaturated/α-hetero) is 1. The number of amides is 1. The largest absolute Gasteiger partial charge is 0.480 e. The maximum atomic E-state index is 13.6. The molecule has 47 heavy (non-hydrogen) atoms. The van der Waals surface area contributed by atoms with Crippen molar-refractivity contribution in [3.05, 3.63) is 107 Å². The van der Waals surface area contributed by atoms with Crippen molar-refractivity contribution in [1.29, 1.82) is 0 Å². The predicted molar refractivity (Wildman–Crippen MR) is 172 cm³/mol. The third-order valence-corrected chi connectivity index (χ3v) is 8.39. The summed E-state index contributed by atoms with van der Waals surface area (Å²) in [6.45, 7) is 3.78. The summed E-state index contributed by atoms with van der Waals surface area (Å²) in [6, 6.07) is 22.5. The summed E-state index contributed by atoms with van der Waals surface area (Å²) in [5.74, 6) is -0.276. The third kappa shape index (κ3) is 6.53. The molecule has 2 N–H and O–H groups in total. The summed E-state index contributed by atoms with van der Waals surface area (Å²) in [5.41, 5.74) is 5.55. The quantitative estimate of drug-likeness (QED) is 0.194. The molecule has 3 aromatic carbocycles. The number of carbonyl (C=O) groups excluding carboxylic acids is 2. The standard InChI is InChI=1S/C35H35N7O5/c1-3-4-14-30-36-28-19-29(34(44)45)42(35(46)47-21-24-10-6-5-7-11-24)31(22(2)43)32(28)41(30)20-23-15-17-25(18-16-23)26-12-8-9-13-27(26)33-37-39-40-38-33/h5-13,15-18,29,31H,3-4,14,19-21H2,1-2H3,(H,44,45)(H,37,38,39,40). The normalized spacial score (nSPS) is 15.7. The summed E-state index contributed by atoms with van der Waals surface area (Å²) >= 11 is 0. The minimum absolute atomic E-state index is 0.0345. The molecule has 2 unspecified atom stereocenters. The number of benzene rings is 3. The molecular formula is C35H35N7O5. The second kappa shape index (κ2) is 13.8. The van der Waals surface area contributed by atoms with E-state index in [4.69, 9.17) is 9.72 Å². The molecule has 0 aliphatic carbocycles. The molecule has 2 atom stereocenters. The van der Waals surface area contributed by atoms with E-state index >= 15 is 0 Å². The SMILES string of the molecule is CCCCc1nc2c(n1Cc1ccc(-c3ccccc3-c3nnn[nH]3)cc1)C(C(C)=O)N(C(=O)OCc1ccccc1)C(C(=O)O)C2. The van der Waals surface area contributed by atoms with Crippen molar-refractivity contribution in [2.45, 2.75) is 64.8 Å². The second-order valence-electron chi connectivity index (χ2n) is 11.6. The van der Waals surface area contributed by atoms with Gasteiger partial charge in [-0.1, -0.05) is 92.2 Å². The van der Waals surface area contributed by atoms with E-state index in [9.17, 15) is 19.5 Å². The topological polar surface area (TPSA) is 156 Å². The van der Waals surface area contributed by atoms with E-state index in [1.54, 1.807) is 0 Å². The highest BCUT2D eigenvalue weighted by Crippen LogP contribution is 2.37. The zero-order chi connectivity index (χ0) is 32.9. The highest BCUT2D eigenvalue weighted by Gasteiger charge is 2.47. The summed E-state index contributed by atoms with van der Waals surface area (Å²) in [7, 11) is 0. The van der Waals surface area contributed by atoms with Gasteiger partial charge in [0.25, 0.3) is 0 Å². The average Bonchev–Trinajstić information content (AvgIpc) is 3.75. The molecule has 0 bridgehead atoms. The number of ketones is 1. The lowest BCUT2D eigenvalue weighted by atomic mass is 9.93. The molecular weight excluding hydrogens is 598 g/mol. The first-order valence-electron chi connectivity index (χ1n) is 15.6. The number of fused-ring (bicyclic) bond motifs is 1. The molecule has 0 spiro atoms. The van der Waals surface area contributed by atoms with Gasteiger partial charge in [0.2, 0.25) is 0 Å². The van der Waals surface area contributed by atoms with Gasteiger partial charge in [-0.2, -0.15) is 0 Å². The predicted octanol–water partition coefficient (Wildman–Crippen LogP) is 5.40. The molecule has 12 nitrogen and oxygen atoms in total. The van der Waals surface area contributed by atoms with Crippen molar-refractivity contribution >= 4 is 17.8 Å². The Hall–Kier alpha value is -5.65. The first-order chi connectivity index (χ1) is 22.9. The number of H-pyrrole nitrogens is 1. The summed E-state index contributed by atoms with van der Waals surface area (Å²) in [4.78, 5) is 45.5. The highest BCUT2D eigenvalue weighted by atomic mass is 16.6. The fourth-order valence-electron chi connectivity index (χ4n) is 6.13. The second-order valence-corrected chi connectivity index (χ2v) is 11.6. The maximum Gasteiger partial charge on any atom is 0.411 e. The van der Waals surface area contributed by atoms with Gasteiger partial charge in [-0.05, 0) is 46.0 Å². The van der Waals surface area contributed by atoms with E-state index < -0.39 is 24.1 Å². The molecule has 0 saturated heterocycles. The number of ether oxygens (including phenoxy) is 1. The number of carboxylic acids is 1. The van der Waals surface area contributed by atoms with Gasteiger partial charge in [0.15, 0.2) is 11.6 Å². The Kier molecular flexibility index (Phi) is 9.18. The van der Waals surface area contributed by atoms with Crippen LogP contribution in [0.3, 0.4) is 0 Å². The van der Waals surface area contributed by atoms with Crippen LogP contribution in [-0.4, -0.2) is 64.1 Å². The number of aromatic nitrogens is 6. The summed E-state index contributed by atoms with van der Waals surface area (Å²) < 4.78 is 7.57. The number of imidazole rings is 1. The number of aryl methyl sites for hydroxylation is 1. The van der Waals surface area contributed by atoms with E-state index in [-0.39, 0.29) is 18.8 Å². The zero-order valence-electron chi connectivity index (χ0n) is 26.2. The smallest absolute Gasteiger partial charge is 0.411 e.